The summed E-state index contributed by atoms with van der Waals surface area (Å²) in [4.78, 5) is 11.0. The molecule has 82 valence electrons. The number of carboxylic acid groups (broad SMARTS) is 1. The zero-order valence-electron chi connectivity index (χ0n) is 9.25. The number of carboxylic acids is 1. The lowest BCUT2D eigenvalue weighted by atomic mass is 9.73. The molecule has 14 heavy (non-hydrogen) atoms. The molecule has 0 amide bonds. The summed E-state index contributed by atoms with van der Waals surface area (Å²) in [6.07, 6.45) is 4.06. The molecule has 0 spiro atoms. The lowest BCUT2D eigenvalue weighted by Gasteiger charge is -2.35. The van der Waals surface area contributed by atoms with Crippen molar-refractivity contribution >= 4 is 5.97 Å². The van der Waals surface area contributed by atoms with Crippen molar-refractivity contribution in [2.45, 2.75) is 45.6 Å². The van der Waals surface area contributed by atoms with Crippen molar-refractivity contribution in [1.82, 2.24) is 0 Å². The standard InChI is InChI=1S/C11H20O3/c1-11(2,8-6-4-5-7-8)9(14-3)10(12)13/h8-9H,4-7H2,1-3H3,(H,12,13). The van der Waals surface area contributed by atoms with Crippen LogP contribution in [0, 0.1) is 11.3 Å². The van der Waals surface area contributed by atoms with Gasteiger partial charge in [0.25, 0.3) is 0 Å². The molecule has 1 rings (SSSR count). The Bertz CT molecular complexity index is 205. The number of rotatable bonds is 4. The van der Waals surface area contributed by atoms with Crippen LogP contribution in [0.15, 0.2) is 0 Å². The van der Waals surface area contributed by atoms with Gasteiger partial charge in [-0.2, -0.15) is 0 Å². The summed E-state index contributed by atoms with van der Waals surface area (Å²) in [6.45, 7) is 4.01. The van der Waals surface area contributed by atoms with E-state index in [0.717, 1.165) is 12.8 Å². The summed E-state index contributed by atoms with van der Waals surface area (Å²) in [7, 11) is 1.48. The molecule has 3 heteroatoms. The van der Waals surface area contributed by atoms with E-state index in [1.165, 1.54) is 20.0 Å². The van der Waals surface area contributed by atoms with Crippen LogP contribution < -0.4 is 0 Å². The maximum Gasteiger partial charge on any atom is 0.333 e. The fourth-order valence-electron chi connectivity index (χ4n) is 2.61. The monoisotopic (exact) mass is 200 g/mol. The Morgan fingerprint density at radius 3 is 2.29 bits per heavy atom. The average molecular weight is 200 g/mol. The van der Waals surface area contributed by atoms with Gasteiger partial charge in [0, 0.05) is 12.5 Å². The Labute approximate surface area is 85.5 Å². The van der Waals surface area contributed by atoms with Crippen LogP contribution in [0.25, 0.3) is 0 Å². The minimum absolute atomic E-state index is 0.253. The van der Waals surface area contributed by atoms with E-state index in [9.17, 15) is 4.79 Å². The third kappa shape index (κ3) is 2.08. The predicted octanol–water partition coefficient (Wildman–Crippen LogP) is 2.30. The summed E-state index contributed by atoms with van der Waals surface area (Å²) in [5.41, 5.74) is -0.253. The van der Waals surface area contributed by atoms with Crippen LogP contribution in [0.1, 0.15) is 39.5 Å². The number of hydrogen-bond donors (Lipinski definition) is 1. The van der Waals surface area contributed by atoms with E-state index in [1.807, 2.05) is 13.8 Å². The second-order valence-corrected chi connectivity index (χ2v) is 4.76. The molecule has 1 aliphatic carbocycles. The summed E-state index contributed by atoms with van der Waals surface area (Å²) in [5.74, 6) is -0.354. The predicted molar refractivity (Wildman–Crippen MR) is 54.2 cm³/mol. The van der Waals surface area contributed by atoms with E-state index in [2.05, 4.69) is 0 Å². The first kappa shape index (κ1) is 11.5. The maximum atomic E-state index is 11.0. The largest absolute Gasteiger partial charge is 0.479 e. The highest BCUT2D eigenvalue weighted by Crippen LogP contribution is 2.42. The van der Waals surface area contributed by atoms with E-state index < -0.39 is 12.1 Å². The molecule has 1 unspecified atom stereocenters. The molecule has 0 aromatic rings. The lowest BCUT2D eigenvalue weighted by molar-refractivity contribution is -0.158. The van der Waals surface area contributed by atoms with E-state index in [1.54, 1.807) is 0 Å². The Morgan fingerprint density at radius 1 is 1.43 bits per heavy atom. The van der Waals surface area contributed by atoms with Crippen molar-refractivity contribution in [3.8, 4) is 0 Å². The average Bonchev–Trinajstić information content (AvgIpc) is 2.55. The molecular weight excluding hydrogens is 180 g/mol. The highest BCUT2D eigenvalue weighted by atomic mass is 16.5. The van der Waals surface area contributed by atoms with Gasteiger partial charge in [-0.25, -0.2) is 4.79 Å². The zero-order valence-corrected chi connectivity index (χ0v) is 9.25. The fourth-order valence-corrected chi connectivity index (χ4v) is 2.61. The molecule has 1 atom stereocenters. The third-order valence-electron chi connectivity index (χ3n) is 3.54. The number of methoxy groups -OCH3 is 1. The first-order chi connectivity index (χ1) is 6.50. The van der Waals surface area contributed by atoms with Crippen LogP contribution in [0.5, 0.6) is 0 Å². The second-order valence-electron chi connectivity index (χ2n) is 4.76. The Hall–Kier alpha value is -0.570. The Balaban J connectivity index is 2.74. The first-order valence-corrected chi connectivity index (χ1v) is 5.25. The van der Waals surface area contributed by atoms with Crippen molar-refractivity contribution in [2.24, 2.45) is 11.3 Å². The van der Waals surface area contributed by atoms with Gasteiger partial charge in [0.15, 0.2) is 6.10 Å². The van der Waals surface area contributed by atoms with Crippen LogP contribution in [-0.4, -0.2) is 24.3 Å². The molecule has 0 bridgehead atoms. The highest BCUT2D eigenvalue weighted by molar-refractivity contribution is 5.73. The van der Waals surface area contributed by atoms with Gasteiger partial charge in [0.2, 0.25) is 0 Å². The van der Waals surface area contributed by atoms with Crippen LogP contribution >= 0.6 is 0 Å². The number of aliphatic carboxylic acids is 1. The minimum atomic E-state index is -0.843. The minimum Gasteiger partial charge on any atom is -0.479 e. The van der Waals surface area contributed by atoms with Crippen LogP contribution in [0.4, 0.5) is 0 Å². The third-order valence-corrected chi connectivity index (χ3v) is 3.54. The fraction of sp³-hybridized carbons (Fsp3) is 0.909. The van der Waals surface area contributed by atoms with Crippen LogP contribution in [-0.2, 0) is 9.53 Å². The van der Waals surface area contributed by atoms with Gasteiger partial charge in [0.05, 0.1) is 0 Å². The molecule has 1 fully saturated rings. The van der Waals surface area contributed by atoms with Gasteiger partial charge in [-0.3, -0.25) is 0 Å². The highest BCUT2D eigenvalue weighted by Gasteiger charge is 2.42. The van der Waals surface area contributed by atoms with Gasteiger partial charge in [-0.05, 0) is 18.8 Å². The molecule has 0 saturated heterocycles. The normalized spacial score (nSPS) is 21.1. The summed E-state index contributed by atoms with van der Waals surface area (Å²) in [6, 6.07) is 0. The maximum absolute atomic E-state index is 11.0. The molecule has 0 aromatic heterocycles. The molecule has 3 nitrogen and oxygen atoms in total. The molecule has 0 heterocycles. The molecule has 1 saturated carbocycles. The smallest absolute Gasteiger partial charge is 0.333 e. The Kier molecular flexibility index (Phi) is 3.53. The summed E-state index contributed by atoms with van der Waals surface area (Å²) < 4.78 is 5.09. The first-order valence-electron chi connectivity index (χ1n) is 5.25. The van der Waals surface area contributed by atoms with Crippen molar-refractivity contribution in [1.29, 1.82) is 0 Å². The van der Waals surface area contributed by atoms with Gasteiger partial charge in [0.1, 0.15) is 0 Å². The molecule has 0 aliphatic heterocycles. The zero-order chi connectivity index (χ0) is 10.8. The number of hydrogen-bond acceptors (Lipinski definition) is 2. The van der Waals surface area contributed by atoms with E-state index in [4.69, 9.17) is 9.84 Å². The van der Waals surface area contributed by atoms with Crippen molar-refractivity contribution in [3.63, 3.8) is 0 Å². The van der Waals surface area contributed by atoms with Gasteiger partial charge < -0.3 is 9.84 Å². The number of ether oxygens (including phenoxy) is 1. The summed E-state index contributed by atoms with van der Waals surface area (Å²) in [5, 5.41) is 9.04. The number of carbonyl (C=O) groups is 1. The van der Waals surface area contributed by atoms with Gasteiger partial charge >= 0.3 is 5.97 Å². The van der Waals surface area contributed by atoms with Crippen LogP contribution in [0.3, 0.4) is 0 Å². The van der Waals surface area contributed by atoms with E-state index in [-0.39, 0.29) is 5.41 Å². The quantitative estimate of drug-likeness (QED) is 0.757. The van der Waals surface area contributed by atoms with E-state index >= 15 is 0 Å². The molecule has 0 aromatic carbocycles. The molecule has 1 N–H and O–H groups in total. The van der Waals surface area contributed by atoms with Crippen molar-refractivity contribution in [3.05, 3.63) is 0 Å². The Morgan fingerprint density at radius 2 is 1.93 bits per heavy atom. The second kappa shape index (κ2) is 4.30. The topological polar surface area (TPSA) is 46.5 Å². The summed E-state index contributed by atoms with van der Waals surface area (Å²) >= 11 is 0. The SMILES string of the molecule is COC(C(=O)O)C(C)(C)C1CCCC1. The lowest BCUT2D eigenvalue weighted by Crippen LogP contribution is -2.42. The molecule has 1 aliphatic rings. The van der Waals surface area contributed by atoms with Gasteiger partial charge in [-0.15, -0.1) is 0 Å². The van der Waals surface area contributed by atoms with Crippen molar-refractivity contribution < 1.29 is 14.6 Å². The van der Waals surface area contributed by atoms with Gasteiger partial charge in [-0.1, -0.05) is 26.7 Å². The molecular formula is C11H20O3. The van der Waals surface area contributed by atoms with Crippen molar-refractivity contribution in [2.75, 3.05) is 7.11 Å². The van der Waals surface area contributed by atoms with E-state index in [0.29, 0.717) is 5.92 Å². The van der Waals surface area contributed by atoms with Crippen LogP contribution in [0.2, 0.25) is 0 Å². The molecule has 0 radical (unpaired) electrons.